The van der Waals surface area contributed by atoms with Crippen LogP contribution in [0.2, 0.25) is 0 Å². The quantitative estimate of drug-likeness (QED) is 0.467. The van der Waals surface area contributed by atoms with Crippen LogP contribution >= 0.6 is 11.8 Å². The van der Waals surface area contributed by atoms with Crippen LogP contribution in [0.25, 0.3) is 16.7 Å². The fraction of sp³-hybridized carbons (Fsp3) is 0.304. The van der Waals surface area contributed by atoms with Crippen LogP contribution in [0.3, 0.4) is 0 Å². The number of thioether (sulfide) groups is 1. The van der Waals surface area contributed by atoms with Gasteiger partial charge in [-0.3, -0.25) is 18.6 Å². The second kappa shape index (κ2) is 8.55. The Kier molecular flexibility index (Phi) is 5.82. The van der Waals surface area contributed by atoms with Gasteiger partial charge in [-0.15, -0.1) is 10.2 Å². The highest BCUT2D eigenvalue weighted by Gasteiger charge is 2.17. The summed E-state index contributed by atoms with van der Waals surface area (Å²) in [4.78, 5) is 25.5. The Hall–Kier alpha value is -3.13. The summed E-state index contributed by atoms with van der Waals surface area (Å²) in [5.74, 6) is 1.01. The van der Waals surface area contributed by atoms with Gasteiger partial charge < -0.3 is 5.32 Å². The maximum absolute atomic E-state index is 12.8. The van der Waals surface area contributed by atoms with E-state index in [0.717, 1.165) is 12.2 Å². The molecule has 0 saturated carbocycles. The molecule has 31 heavy (non-hydrogen) atoms. The molecule has 1 amide bonds. The molecule has 4 rings (SSSR count). The van der Waals surface area contributed by atoms with E-state index in [-0.39, 0.29) is 17.5 Å². The predicted molar refractivity (Wildman–Crippen MR) is 124 cm³/mol. The number of fused-ring (bicyclic) bond motifs is 3. The topological polar surface area (TPSA) is 81.3 Å². The average Bonchev–Trinajstić information content (AvgIpc) is 3.20. The molecular formula is C23H25N5O2S. The molecule has 7 nitrogen and oxygen atoms in total. The van der Waals surface area contributed by atoms with Crippen molar-refractivity contribution in [3.63, 3.8) is 0 Å². The molecule has 0 spiro atoms. The van der Waals surface area contributed by atoms with Gasteiger partial charge in [-0.2, -0.15) is 0 Å². The molecule has 0 saturated heterocycles. The summed E-state index contributed by atoms with van der Waals surface area (Å²) in [7, 11) is 1.68. The fourth-order valence-electron chi connectivity index (χ4n) is 3.45. The monoisotopic (exact) mass is 435 g/mol. The van der Waals surface area contributed by atoms with E-state index in [9.17, 15) is 9.59 Å². The summed E-state index contributed by atoms with van der Waals surface area (Å²) in [6.07, 6.45) is 0.843. The molecule has 2 aromatic heterocycles. The minimum absolute atomic E-state index is 0.0715. The molecular weight excluding hydrogens is 410 g/mol. The predicted octanol–water partition coefficient (Wildman–Crippen LogP) is 3.71. The second-order valence-corrected chi connectivity index (χ2v) is 8.72. The van der Waals surface area contributed by atoms with Crippen molar-refractivity contribution >= 4 is 34.3 Å². The largest absolute Gasteiger partial charge is 0.350 e. The number of benzene rings is 2. The zero-order valence-electron chi connectivity index (χ0n) is 18.0. The minimum atomic E-state index is -0.168. The van der Waals surface area contributed by atoms with Gasteiger partial charge in [0.2, 0.25) is 5.78 Å². The van der Waals surface area contributed by atoms with Gasteiger partial charge in [-0.25, -0.2) is 0 Å². The van der Waals surface area contributed by atoms with Crippen molar-refractivity contribution in [2.75, 3.05) is 0 Å². The Bertz CT molecular complexity index is 1340. The molecule has 0 fully saturated rings. The maximum atomic E-state index is 12.8. The number of carbonyl (C=O) groups excluding carboxylic acids is 1. The molecule has 160 valence electrons. The van der Waals surface area contributed by atoms with E-state index < -0.39 is 0 Å². The first-order valence-electron chi connectivity index (χ1n) is 10.3. The molecule has 4 aromatic rings. The third kappa shape index (κ3) is 4.07. The number of hydrogen-bond donors (Lipinski definition) is 1. The first kappa shape index (κ1) is 21.1. The molecule has 0 aliphatic heterocycles. The fourth-order valence-corrected chi connectivity index (χ4v) is 4.34. The van der Waals surface area contributed by atoms with Crippen molar-refractivity contribution in [2.45, 2.75) is 44.1 Å². The lowest BCUT2D eigenvalue weighted by Crippen LogP contribution is -2.32. The minimum Gasteiger partial charge on any atom is -0.350 e. The summed E-state index contributed by atoms with van der Waals surface area (Å²) in [5, 5.41) is 12.8. The van der Waals surface area contributed by atoms with Gasteiger partial charge in [-0.05, 0) is 44.0 Å². The van der Waals surface area contributed by atoms with Crippen LogP contribution in [0, 0.1) is 6.92 Å². The van der Waals surface area contributed by atoms with E-state index in [4.69, 9.17) is 0 Å². The summed E-state index contributed by atoms with van der Waals surface area (Å²) in [6.45, 7) is 6.05. The zero-order valence-corrected chi connectivity index (χ0v) is 18.9. The smallest absolute Gasteiger partial charge is 0.262 e. The van der Waals surface area contributed by atoms with Crippen molar-refractivity contribution in [1.82, 2.24) is 24.5 Å². The van der Waals surface area contributed by atoms with Crippen LogP contribution in [-0.2, 0) is 12.8 Å². The molecule has 0 aliphatic carbocycles. The lowest BCUT2D eigenvalue weighted by molar-refractivity contribution is 0.0939. The van der Waals surface area contributed by atoms with Gasteiger partial charge in [-0.1, -0.05) is 48.5 Å². The Morgan fingerprint density at radius 1 is 1.19 bits per heavy atom. The van der Waals surface area contributed by atoms with E-state index in [0.29, 0.717) is 27.4 Å². The van der Waals surface area contributed by atoms with Crippen LogP contribution in [0.15, 0.2) is 52.4 Å². The number of nitrogens with one attached hydrogen (secondary N) is 1. The van der Waals surface area contributed by atoms with E-state index >= 15 is 0 Å². The number of carbonyl (C=O) groups is 1. The standard InChI is InChI=1S/C23H25N5O2S/c1-5-15(3)24-20(29)17-9-10-18-19(12-17)28-22(27(4)21(18)30)25-26-23(28)31-13-16-8-6-7-14(2)11-16/h6-12,15H,5,13H2,1-4H3,(H,24,29). The molecule has 2 heterocycles. The van der Waals surface area contributed by atoms with Gasteiger partial charge in [0, 0.05) is 24.4 Å². The van der Waals surface area contributed by atoms with E-state index in [2.05, 4.69) is 40.6 Å². The van der Waals surface area contributed by atoms with E-state index in [1.807, 2.05) is 24.3 Å². The highest BCUT2D eigenvalue weighted by molar-refractivity contribution is 7.98. The zero-order chi connectivity index (χ0) is 22.1. The summed E-state index contributed by atoms with van der Waals surface area (Å²) >= 11 is 1.55. The lowest BCUT2D eigenvalue weighted by atomic mass is 10.1. The highest BCUT2D eigenvalue weighted by atomic mass is 32.2. The van der Waals surface area contributed by atoms with Crippen LogP contribution in [0.5, 0.6) is 0 Å². The SMILES string of the molecule is CCC(C)NC(=O)c1ccc2c(=O)n(C)c3nnc(SCc4cccc(C)c4)n3c2c1. The van der Waals surface area contributed by atoms with Crippen LogP contribution in [0.1, 0.15) is 41.8 Å². The van der Waals surface area contributed by atoms with Crippen LogP contribution < -0.4 is 10.9 Å². The van der Waals surface area contributed by atoms with Crippen molar-refractivity contribution < 1.29 is 4.79 Å². The first-order valence-corrected chi connectivity index (χ1v) is 11.2. The molecule has 0 radical (unpaired) electrons. The average molecular weight is 436 g/mol. The number of rotatable bonds is 6. The Morgan fingerprint density at radius 3 is 2.74 bits per heavy atom. The first-order chi connectivity index (χ1) is 14.9. The molecule has 0 bridgehead atoms. The third-order valence-electron chi connectivity index (χ3n) is 5.39. The normalized spacial score (nSPS) is 12.4. The van der Waals surface area contributed by atoms with Gasteiger partial charge >= 0.3 is 0 Å². The molecule has 0 aliphatic rings. The number of hydrogen-bond acceptors (Lipinski definition) is 5. The second-order valence-electron chi connectivity index (χ2n) is 7.77. The van der Waals surface area contributed by atoms with Crippen molar-refractivity contribution in [3.8, 4) is 0 Å². The molecule has 1 atom stereocenters. The number of amides is 1. The van der Waals surface area contributed by atoms with Crippen molar-refractivity contribution in [1.29, 1.82) is 0 Å². The highest BCUT2D eigenvalue weighted by Crippen LogP contribution is 2.25. The number of nitrogens with zero attached hydrogens (tertiary/aromatic N) is 4. The number of aryl methyl sites for hydroxylation is 2. The van der Waals surface area contributed by atoms with Crippen molar-refractivity contribution in [3.05, 3.63) is 69.5 Å². The van der Waals surface area contributed by atoms with E-state index in [1.165, 1.54) is 15.7 Å². The molecule has 8 heteroatoms. The number of aromatic nitrogens is 4. The van der Waals surface area contributed by atoms with Gasteiger partial charge in [0.1, 0.15) is 0 Å². The Labute approximate surface area is 184 Å². The molecule has 2 aromatic carbocycles. The Morgan fingerprint density at radius 2 is 2.00 bits per heavy atom. The Balaban J connectivity index is 1.81. The maximum Gasteiger partial charge on any atom is 0.262 e. The molecule has 1 N–H and O–H groups in total. The third-order valence-corrected chi connectivity index (χ3v) is 6.39. The van der Waals surface area contributed by atoms with Crippen LogP contribution in [-0.4, -0.2) is 31.1 Å². The molecule has 1 unspecified atom stereocenters. The van der Waals surface area contributed by atoms with Gasteiger partial charge in [0.15, 0.2) is 5.16 Å². The van der Waals surface area contributed by atoms with Gasteiger partial charge in [0.25, 0.3) is 11.5 Å². The van der Waals surface area contributed by atoms with Crippen molar-refractivity contribution in [2.24, 2.45) is 7.05 Å². The van der Waals surface area contributed by atoms with E-state index in [1.54, 1.807) is 37.0 Å². The van der Waals surface area contributed by atoms with Gasteiger partial charge in [0.05, 0.1) is 10.9 Å². The summed E-state index contributed by atoms with van der Waals surface area (Å²) in [6, 6.07) is 13.5. The lowest BCUT2D eigenvalue weighted by Gasteiger charge is -2.13. The summed E-state index contributed by atoms with van der Waals surface area (Å²) in [5.41, 5.74) is 3.36. The van der Waals surface area contributed by atoms with Crippen LogP contribution in [0.4, 0.5) is 0 Å². The summed E-state index contributed by atoms with van der Waals surface area (Å²) < 4.78 is 3.35.